The van der Waals surface area contributed by atoms with Crippen molar-refractivity contribution in [1.29, 1.82) is 0 Å². The van der Waals surface area contributed by atoms with Crippen LogP contribution in [0.2, 0.25) is 0 Å². The van der Waals surface area contributed by atoms with Crippen LogP contribution < -0.4 is 9.64 Å². The van der Waals surface area contributed by atoms with Gasteiger partial charge in [0.15, 0.2) is 0 Å². The van der Waals surface area contributed by atoms with Gasteiger partial charge in [0.2, 0.25) is 0 Å². The number of fused-ring (bicyclic) bond motifs is 1. The van der Waals surface area contributed by atoms with E-state index in [1.807, 2.05) is 0 Å². The van der Waals surface area contributed by atoms with Crippen molar-refractivity contribution in [3.05, 3.63) is 27.8 Å². The summed E-state index contributed by atoms with van der Waals surface area (Å²) in [5, 5.41) is 11.0. The van der Waals surface area contributed by atoms with E-state index >= 15 is 0 Å². The van der Waals surface area contributed by atoms with Gasteiger partial charge in [0.25, 0.3) is 5.69 Å². The van der Waals surface area contributed by atoms with Gasteiger partial charge in [-0.05, 0) is 7.05 Å². The first-order valence-electron chi connectivity index (χ1n) is 6.53. The summed E-state index contributed by atoms with van der Waals surface area (Å²) in [6, 6.07) is 3.29. The molecule has 0 radical (unpaired) electrons. The molecule has 1 fully saturated rings. The van der Waals surface area contributed by atoms with Crippen LogP contribution in [0.25, 0.3) is 0 Å². The van der Waals surface area contributed by atoms with Gasteiger partial charge in [0, 0.05) is 50.3 Å². The van der Waals surface area contributed by atoms with Crippen LogP contribution in [0.5, 0.6) is 5.75 Å². The molecular formula is C13H17N3O3. The number of non-ortho nitro benzene ring substituents is 1. The number of nitrogens with zero attached hydrogens (tertiary/aromatic N) is 3. The van der Waals surface area contributed by atoms with Gasteiger partial charge in [-0.2, -0.15) is 0 Å². The molecule has 0 atom stereocenters. The highest BCUT2D eigenvalue weighted by atomic mass is 16.6. The van der Waals surface area contributed by atoms with Crippen molar-refractivity contribution in [1.82, 2.24) is 4.90 Å². The molecule has 0 bridgehead atoms. The Balaban J connectivity index is 1.97. The van der Waals surface area contributed by atoms with E-state index in [0.717, 1.165) is 49.6 Å². The van der Waals surface area contributed by atoms with E-state index in [-0.39, 0.29) is 10.6 Å². The van der Waals surface area contributed by atoms with Crippen molar-refractivity contribution in [2.24, 2.45) is 0 Å². The molecular weight excluding hydrogens is 246 g/mol. The highest BCUT2D eigenvalue weighted by molar-refractivity contribution is 5.68. The summed E-state index contributed by atoms with van der Waals surface area (Å²) >= 11 is 0. The number of hydrogen-bond donors (Lipinski definition) is 0. The monoisotopic (exact) mass is 263 g/mol. The molecule has 0 aromatic heterocycles. The van der Waals surface area contributed by atoms with Gasteiger partial charge in [-0.3, -0.25) is 10.1 Å². The average Bonchev–Trinajstić information content (AvgIpc) is 2.86. The van der Waals surface area contributed by atoms with Gasteiger partial charge in [0.1, 0.15) is 5.75 Å². The molecule has 2 aliphatic heterocycles. The Morgan fingerprint density at radius 2 is 2.00 bits per heavy atom. The lowest BCUT2D eigenvalue weighted by Gasteiger charge is -2.34. The zero-order valence-electron chi connectivity index (χ0n) is 11.0. The standard InChI is InChI=1S/C13H17N3O3/c1-14-3-5-15(6-4-14)12-9-11(16(17)18)8-10-2-7-19-13(10)12/h8-9H,2-7H2,1H3. The predicted molar refractivity (Wildman–Crippen MR) is 72.0 cm³/mol. The highest BCUT2D eigenvalue weighted by Crippen LogP contribution is 2.39. The quantitative estimate of drug-likeness (QED) is 0.594. The summed E-state index contributed by atoms with van der Waals surface area (Å²) in [5.74, 6) is 0.843. The number of ether oxygens (including phenoxy) is 1. The Morgan fingerprint density at radius 1 is 1.26 bits per heavy atom. The zero-order valence-corrected chi connectivity index (χ0v) is 11.0. The Bertz CT molecular complexity index is 510. The van der Waals surface area contributed by atoms with Crippen LogP contribution in [-0.4, -0.2) is 49.7 Å². The molecule has 0 unspecified atom stereocenters. The van der Waals surface area contributed by atoms with Crippen LogP contribution in [-0.2, 0) is 6.42 Å². The first kappa shape index (κ1) is 12.2. The minimum Gasteiger partial charge on any atom is -0.491 e. The van der Waals surface area contributed by atoms with Crippen molar-refractivity contribution < 1.29 is 9.66 Å². The first-order chi connectivity index (χ1) is 9.15. The van der Waals surface area contributed by atoms with Crippen molar-refractivity contribution in [2.75, 3.05) is 44.7 Å². The molecule has 0 spiro atoms. The molecule has 6 heteroatoms. The van der Waals surface area contributed by atoms with Crippen LogP contribution in [0.3, 0.4) is 0 Å². The third-order valence-corrected chi connectivity index (χ3v) is 3.80. The predicted octanol–water partition coefficient (Wildman–Crippen LogP) is 1.28. The van der Waals surface area contributed by atoms with E-state index in [1.165, 1.54) is 0 Å². The van der Waals surface area contributed by atoms with Gasteiger partial charge in [0.05, 0.1) is 17.2 Å². The maximum atomic E-state index is 11.0. The van der Waals surface area contributed by atoms with E-state index in [1.54, 1.807) is 12.1 Å². The number of hydrogen-bond acceptors (Lipinski definition) is 5. The summed E-state index contributed by atoms with van der Waals surface area (Å²) in [4.78, 5) is 15.2. The Morgan fingerprint density at radius 3 is 2.68 bits per heavy atom. The second kappa shape index (κ2) is 4.70. The number of rotatable bonds is 2. The minimum atomic E-state index is -0.321. The number of likely N-dealkylation sites (N-methyl/N-ethyl adjacent to an activating group) is 1. The maximum Gasteiger partial charge on any atom is 0.272 e. The summed E-state index contributed by atoms with van der Waals surface area (Å²) in [6.45, 7) is 4.33. The van der Waals surface area contributed by atoms with Crippen LogP contribution >= 0.6 is 0 Å². The Labute approximate surface area is 111 Å². The lowest BCUT2D eigenvalue weighted by molar-refractivity contribution is -0.384. The van der Waals surface area contributed by atoms with Gasteiger partial charge >= 0.3 is 0 Å². The lowest BCUT2D eigenvalue weighted by Crippen LogP contribution is -2.44. The summed E-state index contributed by atoms with van der Waals surface area (Å²) < 4.78 is 5.67. The molecule has 0 amide bonds. The molecule has 2 aliphatic rings. The molecule has 0 saturated carbocycles. The molecule has 0 N–H and O–H groups in total. The van der Waals surface area contributed by atoms with Crippen LogP contribution in [0.15, 0.2) is 12.1 Å². The second-order valence-electron chi connectivity index (χ2n) is 5.10. The van der Waals surface area contributed by atoms with Crippen molar-refractivity contribution >= 4 is 11.4 Å². The summed E-state index contributed by atoms with van der Waals surface area (Å²) in [5.41, 5.74) is 2.01. The topological polar surface area (TPSA) is 58.9 Å². The lowest BCUT2D eigenvalue weighted by atomic mass is 10.1. The fraction of sp³-hybridized carbons (Fsp3) is 0.538. The van der Waals surface area contributed by atoms with E-state index in [4.69, 9.17) is 4.74 Å². The first-order valence-corrected chi connectivity index (χ1v) is 6.53. The minimum absolute atomic E-state index is 0.165. The van der Waals surface area contributed by atoms with Crippen LogP contribution in [0.4, 0.5) is 11.4 Å². The number of nitro groups is 1. The molecule has 102 valence electrons. The Kier molecular flexibility index (Phi) is 3.02. The van der Waals surface area contributed by atoms with Gasteiger partial charge in [-0.15, -0.1) is 0 Å². The fourth-order valence-electron chi connectivity index (χ4n) is 2.66. The number of benzene rings is 1. The van der Waals surface area contributed by atoms with E-state index < -0.39 is 0 Å². The molecule has 0 aliphatic carbocycles. The normalized spacial score (nSPS) is 19.1. The number of nitro benzene ring substituents is 1. The number of piperazine rings is 1. The molecule has 19 heavy (non-hydrogen) atoms. The van der Waals surface area contributed by atoms with Crippen LogP contribution in [0.1, 0.15) is 5.56 Å². The third kappa shape index (κ3) is 2.23. The van der Waals surface area contributed by atoms with E-state index in [2.05, 4.69) is 16.8 Å². The molecule has 6 nitrogen and oxygen atoms in total. The van der Waals surface area contributed by atoms with Gasteiger partial charge < -0.3 is 14.5 Å². The average molecular weight is 263 g/mol. The van der Waals surface area contributed by atoms with E-state index in [9.17, 15) is 10.1 Å². The molecule has 1 aromatic rings. The van der Waals surface area contributed by atoms with Gasteiger partial charge in [-0.1, -0.05) is 0 Å². The van der Waals surface area contributed by atoms with Crippen LogP contribution in [0, 0.1) is 10.1 Å². The van der Waals surface area contributed by atoms with Crippen molar-refractivity contribution in [3.63, 3.8) is 0 Å². The number of anilines is 1. The molecule has 2 heterocycles. The fourth-order valence-corrected chi connectivity index (χ4v) is 2.66. The third-order valence-electron chi connectivity index (χ3n) is 3.80. The highest BCUT2D eigenvalue weighted by Gasteiger charge is 2.26. The van der Waals surface area contributed by atoms with E-state index in [0.29, 0.717) is 6.61 Å². The second-order valence-corrected chi connectivity index (χ2v) is 5.10. The molecule has 3 rings (SSSR count). The van der Waals surface area contributed by atoms with Crippen molar-refractivity contribution in [2.45, 2.75) is 6.42 Å². The molecule has 1 saturated heterocycles. The molecule has 1 aromatic carbocycles. The zero-order chi connectivity index (χ0) is 13.4. The largest absolute Gasteiger partial charge is 0.491 e. The van der Waals surface area contributed by atoms with Gasteiger partial charge in [-0.25, -0.2) is 0 Å². The summed E-state index contributed by atoms with van der Waals surface area (Å²) in [6.07, 6.45) is 0.762. The maximum absolute atomic E-state index is 11.0. The Hall–Kier alpha value is -1.82. The van der Waals surface area contributed by atoms with Crippen molar-refractivity contribution in [3.8, 4) is 5.75 Å². The smallest absolute Gasteiger partial charge is 0.272 e. The summed E-state index contributed by atoms with van der Waals surface area (Å²) in [7, 11) is 2.09. The SMILES string of the molecule is CN1CCN(c2cc([N+](=O)[O-])cc3c2OCC3)CC1.